The molecular formula is C15H9Cl2N. The van der Waals surface area contributed by atoms with Crippen molar-refractivity contribution in [1.82, 2.24) is 0 Å². The molecule has 2 rings (SSSR count). The quantitative estimate of drug-likeness (QED) is 0.487. The molecule has 0 unspecified atom stereocenters. The molecule has 0 aliphatic rings. The molecule has 0 bridgehead atoms. The minimum absolute atomic E-state index is 0.380. The summed E-state index contributed by atoms with van der Waals surface area (Å²) in [5.74, 6) is 0. The van der Waals surface area contributed by atoms with Crippen molar-refractivity contribution in [1.29, 1.82) is 0 Å². The Labute approximate surface area is 116 Å². The minimum Gasteiger partial charge on any atom is -0.236 e. The van der Waals surface area contributed by atoms with Crippen LogP contribution in [0.1, 0.15) is 11.1 Å². The molecule has 0 radical (unpaired) electrons. The van der Waals surface area contributed by atoms with Gasteiger partial charge in [-0.1, -0.05) is 65.7 Å². The van der Waals surface area contributed by atoms with E-state index in [4.69, 9.17) is 29.8 Å². The topological polar surface area (TPSA) is 4.36 Å². The summed E-state index contributed by atoms with van der Waals surface area (Å²) in [7, 11) is 0. The molecule has 0 spiro atoms. The molecule has 0 heterocycles. The standard InChI is InChI=1S/C15H9Cl2N/c1-18-15-12(9-13(16)10-14(15)17)8-7-11-5-3-2-4-6-11/h2-10H. The number of benzene rings is 2. The van der Waals surface area contributed by atoms with Gasteiger partial charge in [-0.15, -0.1) is 0 Å². The van der Waals surface area contributed by atoms with Gasteiger partial charge in [0.1, 0.15) is 0 Å². The van der Waals surface area contributed by atoms with E-state index in [1.807, 2.05) is 42.5 Å². The maximum Gasteiger partial charge on any atom is 0.212 e. The van der Waals surface area contributed by atoms with E-state index in [0.29, 0.717) is 15.7 Å². The Morgan fingerprint density at radius 1 is 1.00 bits per heavy atom. The van der Waals surface area contributed by atoms with Crippen molar-refractivity contribution in [2.75, 3.05) is 0 Å². The Hall–Kier alpha value is -1.75. The predicted octanol–water partition coefficient (Wildman–Crippen LogP) is 5.71. The van der Waals surface area contributed by atoms with Crippen molar-refractivity contribution >= 4 is 41.0 Å². The Kier molecular flexibility index (Phi) is 4.04. The predicted molar refractivity (Wildman–Crippen MR) is 78.1 cm³/mol. The summed E-state index contributed by atoms with van der Waals surface area (Å²) in [6, 6.07) is 13.2. The fraction of sp³-hybridized carbons (Fsp3) is 0. The van der Waals surface area contributed by atoms with Crippen LogP contribution in [0.5, 0.6) is 0 Å². The molecule has 0 saturated heterocycles. The van der Waals surface area contributed by atoms with E-state index < -0.39 is 0 Å². The molecule has 18 heavy (non-hydrogen) atoms. The highest BCUT2D eigenvalue weighted by atomic mass is 35.5. The highest BCUT2D eigenvalue weighted by Crippen LogP contribution is 2.33. The monoisotopic (exact) mass is 273 g/mol. The van der Waals surface area contributed by atoms with Crippen molar-refractivity contribution in [2.24, 2.45) is 0 Å². The second kappa shape index (κ2) is 5.73. The van der Waals surface area contributed by atoms with E-state index >= 15 is 0 Å². The van der Waals surface area contributed by atoms with Crippen LogP contribution in [0.25, 0.3) is 17.0 Å². The van der Waals surface area contributed by atoms with Crippen LogP contribution in [0.15, 0.2) is 42.5 Å². The van der Waals surface area contributed by atoms with Crippen LogP contribution in [0.4, 0.5) is 5.69 Å². The average molecular weight is 274 g/mol. The van der Waals surface area contributed by atoms with E-state index in [9.17, 15) is 0 Å². The third-order valence-corrected chi connectivity index (χ3v) is 2.93. The van der Waals surface area contributed by atoms with Gasteiger partial charge in [0.2, 0.25) is 5.69 Å². The lowest BCUT2D eigenvalue weighted by atomic mass is 10.1. The molecule has 0 N–H and O–H groups in total. The van der Waals surface area contributed by atoms with Crippen LogP contribution in [-0.2, 0) is 0 Å². The lowest BCUT2D eigenvalue weighted by molar-refractivity contribution is 1.65. The summed E-state index contributed by atoms with van der Waals surface area (Å²) in [6.45, 7) is 7.14. The second-order valence-electron chi connectivity index (χ2n) is 3.68. The zero-order valence-corrected chi connectivity index (χ0v) is 10.9. The van der Waals surface area contributed by atoms with Gasteiger partial charge in [-0.05, 0) is 23.3 Å². The number of hydrogen-bond donors (Lipinski definition) is 0. The van der Waals surface area contributed by atoms with Crippen LogP contribution in [0.3, 0.4) is 0 Å². The first-order chi connectivity index (χ1) is 8.70. The Bertz CT molecular complexity index is 625. The lowest BCUT2D eigenvalue weighted by Gasteiger charge is -2.02. The first-order valence-corrected chi connectivity index (χ1v) is 6.06. The summed E-state index contributed by atoms with van der Waals surface area (Å²) in [4.78, 5) is 3.43. The lowest BCUT2D eigenvalue weighted by Crippen LogP contribution is -1.77. The number of rotatable bonds is 2. The molecule has 2 aromatic carbocycles. The fourth-order valence-corrected chi connectivity index (χ4v) is 2.13. The molecule has 0 amide bonds. The van der Waals surface area contributed by atoms with Gasteiger partial charge in [-0.3, -0.25) is 0 Å². The summed E-state index contributed by atoms with van der Waals surface area (Å²) in [5.41, 5.74) is 2.21. The van der Waals surface area contributed by atoms with Gasteiger partial charge in [0.25, 0.3) is 0 Å². The molecule has 2 aromatic rings. The van der Waals surface area contributed by atoms with Crippen molar-refractivity contribution < 1.29 is 0 Å². The van der Waals surface area contributed by atoms with Crippen LogP contribution < -0.4 is 0 Å². The van der Waals surface area contributed by atoms with Crippen molar-refractivity contribution in [3.05, 3.63) is 75.1 Å². The molecule has 0 aliphatic heterocycles. The number of nitrogens with zero attached hydrogens (tertiary/aromatic N) is 1. The van der Waals surface area contributed by atoms with E-state index in [1.54, 1.807) is 12.1 Å². The van der Waals surface area contributed by atoms with Gasteiger partial charge in [0.15, 0.2) is 0 Å². The fourth-order valence-electron chi connectivity index (χ4n) is 1.58. The smallest absolute Gasteiger partial charge is 0.212 e. The third kappa shape index (κ3) is 2.92. The average Bonchev–Trinajstić information content (AvgIpc) is 2.37. The molecule has 0 fully saturated rings. The van der Waals surface area contributed by atoms with Crippen molar-refractivity contribution in [3.63, 3.8) is 0 Å². The molecule has 3 heteroatoms. The zero-order valence-electron chi connectivity index (χ0n) is 9.40. The largest absolute Gasteiger partial charge is 0.236 e. The molecular weight excluding hydrogens is 265 g/mol. The molecule has 0 aliphatic carbocycles. The van der Waals surface area contributed by atoms with Crippen LogP contribution >= 0.6 is 23.2 Å². The number of halogens is 2. The minimum atomic E-state index is 0.380. The summed E-state index contributed by atoms with van der Waals surface area (Å²) in [6.07, 6.45) is 3.77. The Morgan fingerprint density at radius 2 is 1.72 bits per heavy atom. The summed E-state index contributed by atoms with van der Waals surface area (Å²) >= 11 is 11.9. The Balaban J connectivity index is 2.41. The Morgan fingerprint density at radius 3 is 2.39 bits per heavy atom. The van der Waals surface area contributed by atoms with Crippen LogP contribution in [0.2, 0.25) is 10.0 Å². The van der Waals surface area contributed by atoms with E-state index in [0.717, 1.165) is 11.1 Å². The van der Waals surface area contributed by atoms with Crippen molar-refractivity contribution in [3.8, 4) is 0 Å². The van der Waals surface area contributed by atoms with E-state index in [-0.39, 0.29) is 0 Å². The maximum absolute atomic E-state index is 7.14. The molecule has 1 nitrogen and oxygen atoms in total. The highest BCUT2D eigenvalue weighted by molar-refractivity contribution is 6.37. The van der Waals surface area contributed by atoms with Gasteiger partial charge in [0, 0.05) is 10.0 Å². The van der Waals surface area contributed by atoms with Crippen molar-refractivity contribution in [2.45, 2.75) is 0 Å². The molecule has 0 aromatic heterocycles. The first-order valence-electron chi connectivity index (χ1n) is 5.30. The first kappa shape index (κ1) is 12.7. The van der Waals surface area contributed by atoms with Gasteiger partial charge in [-0.2, -0.15) is 0 Å². The van der Waals surface area contributed by atoms with E-state index in [2.05, 4.69) is 4.85 Å². The second-order valence-corrected chi connectivity index (χ2v) is 4.52. The maximum atomic E-state index is 7.14. The van der Waals surface area contributed by atoms with Crippen LogP contribution in [0, 0.1) is 6.57 Å². The summed E-state index contributed by atoms with van der Waals surface area (Å²) in [5, 5.41) is 0.908. The van der Waals surface area contributed by atoms with Crippen LogP contribution in [-0.4, -0.2) is 0 Å². The van der Waals surface area contributed by atoms with Gasteiger partial charge in [-0.25, -0.2) is 4.85 Å². The summed E-state index contributed by atoms with van der Waals surface area (Å²) < 4.78 is 0. The van der Waals surface area contributed by atoms with Gasteiger partial charge >= 0.3 is 0 Å². The van der Waals surface area contributed by atoms with E-state index in [1.165, 1.54) is 0 Å². The van der Waals surface area contributed by atoms with Gasteiger partial charge < -0.3 is 0 Å². The molecule has 88 valence electrons. The van der Waals surface area contributed by atoms with Gasteiger partial charge in [0.05, 0.1) is 6.57 Å². The zero-order chi connectivity index (χ0) is 13.0. The molecule has 0 saturated carbocycles. The highest BCUT2D eigenvalue weighted by Gasteiger charge is 2.06. The third-order valence-electron chi connectivity index (χ3n) is 2.42. The SMILES string of the molecule is [C-]#[N+]c1c(Cl)cc(Cl)cc1C=Cc1ccccc1. The number of hydrogen-bond acceptors (Lipinski definition) is 0. The molecule has 0 atom stereocenters. The normalized spacial score (nSPS) is 10.5.